The second kappa shape index (κ2) is 12.9. The Hall–Kier alpha value is -6.38. The van der Waals surface area contributed by atoms with Crippen LogP contribution in [0, 0.1) is 0 Å². The molecule has 0 aliphatic heterocycles. The Morgan fingerprint density at radius 2 is 1.10 bits per heavy atom. The first-order chi connectivity index (χ1) is 24.8. The quantitative estimate of drug-likeness (QED) is 0.187. The van der Waals surface area contributed by atoms with Crippen LogP contribution < -0.4 is 5.32 Å². The summed E-state index contributed by atoms with van der Waals surface area (Å²) >= 11 is 0. The second-order valence-corrected chi connectivity index (χ2v) is 12.9. The summed E-state index contributed by atoms with van der Waals surface area (Å²) in [5.41, 5.74) is 16.2. The summed E-state index contributed by atoms with van der Waals surface area (Å²) in [5.74, 6) is 0. The van der Waals surface area contributed by atoms with E-state index in [-0.39, 0.29) is 0 Å². The number of benzene rings is 7. The van der Waals surface area contributed by atoms with Crippen molar-refractivity contribution in [3.05, 3.63) is 193 Å². The van der Waals surface area contributed by atoms with Gasteiger partial charge in [0.15, 0.2) is 0 Å². The van der Waals surface area contributed by atoms with Crippen LogP contribution >= 0.6 is 0 Å². The van der Waals surface area contributed by atoms with E-state index in [1.807, 2.05) is 12.1 Å². The van der Waals surface area contributed by atoms with Gasteiger partial charge in [-0.2, -0.15) is 0 Å². The van der Waals surface area contributed by atoms with Crippen LogP contribution in [0.4, 0.5) is 11.4 Å². The highest BCUT2D eigenvalue weighted by molar-refractivity contribution is 6.09. The van der Waals surface area contributed by atoms with E-state index in [2.05, 4.69) is 175 Å². The van der Waals surface area contributed by atoms with Crippen molar-refractivity contribution in [1.82, 2.24) is 0 Å². The van der Waals surface area contributed by atoms with Crippen LogP contribution in [0.2, 0.25) is 0 Å². The predicted octanol–water partition coefficient (Wildman–Crippen LogP) is 13.6. The van der Waals surface area contributed by atoms with E-state index in [1.165, 1.54) is 44.5 Å². The summed E-state index contributed by atoms with van der Waals surface area (Å²) in [6, 6.07) is 60.3. The van der Waals surface area contributed by atoms with Crippen molar-refractivity contribution in [3.63, 3.8) is 0 Å². The summed E-state index contributed by atoms with van der Waals surface area (Å²) < 4.78 is 6.46. The molecule has 0 saturated heterocycles. The molecule has 2 nitrogen and oxygen atoms in total. The lowest BCUT2D eigenvalue weighted by atomic mass is 9.88. The van der Waals surface area contributed by atoms with Crippen LogP contribution in [0.1, 0.15) is 24.0 Å². The number of anilines is 2. The fourth-order valence-electron chi connectivity index (χ4n) is 7.22. The molecule has 9 rings (SSSR count). The fourth-order valence-corrected chi connectivity index (χ4v) is 7.22. The number of para-hydroxylation sites is 3. The topological polar surface area (TPSA) is 25.2 Å². The minimum atomic E-state index is 0.914. The Bertz CT molecular complexity index is 2540. The first-order valence-corrected chi connectivity index (χ1v) is 17.3. The molecule has 50 heavy (non-hydrogen) atoms. The lowest BCUT2D eigenvalue weighted by molar-refractivity contribution is 0.670. The van der Waals surface area contributed by atoms with E-state index in [4.69, 9.17) is 4.42 Å². The average molecular weight is 642 g/mol. The molecule has 238 valence electrons. The van der Waals surface area contributed by atoms with Crippen molar-refractivity contribution in [2.45, 2.75) is 12.8 Å². The predicted molar refractivity (Wildman–Crippen MR) is 211 cm³/mol. The van der Waals surface area contributed by atoms with Gasteiger partial charge in [-0.3, -0.25) is 0 Å². The monoisotopic (exact) mass is 641 g/mol. The van der Waals surface area contributed by atoms with Gasteiger partial charge in [-0.15, -0.1) is 0 Å². The van der Waals surface area contributed by atoms with E-state index in [0.29, 0.717) is 0 Å². The summed E-state index contributed by atoms with van der Waals surface area (Å²) in [4.78, 5) is 0. The third-order valence-electron chi connectivity index (χ3n) is 9.76. The molecule has 0 fully saturated rings. The maximum Gasteiger partial charge on any atom is 0.143 e. The summed E-state index contributed by atoms with van der Waals surface area (Å²) in [7, 11) is 0. The zero-order valence-electron chi connectivity index (χ0n) is 27.6. The molecule has 1 N–H and O–H groups in total. The molecular formula is C48H35NO. The third kappa shape index (κ3) is 5.71. The maximum absolute atomic E-state index is 6.46. The minimum Gasteiger partial charge on any atom is -0.455 e. The molecule has 0 atom stereocenters. The molecule has 0 amide bonds. The van der Waals surface area contributed by atoms with Crippen LogP contribution in [0.3, 0.4) is 0 Å². The molecule has 8 aromatic rings. The van der Waals surface area contributed by atoms with E-state index < -0.39 is 0 Å². The van der Waals surface area contributed by atoms with Crippen LogP contribution in [0.5, 0.6) is 0 Å². The Kier molecular flexibility index (Phi) is 7.68. The fraction of sp³-hybridized carbons (Fsp3) is 0.0417. The summed E-state index contributed by atoms with van der Waals surface area (Å²) in [6.45, 7) is 0. The largest absolute Gasteiger partial charge is 0.455 e. The van der Waals surface area contributed by atoms with Gasteiger partial charge in [0.25, 0.3) is 0 Å². The molecule has 0 saturated carbocycles. The smallest absolute Gasteiger partial charge is 0.143 e. The number of furan rings is 1. The SMILES string of the molecule is C1=C(c2ccc(-c3cccc(-c4ccccc4)c3)cc2)C=C(c2cc(-c3cccc4c3oc3ccccc34)ccc2Nc2ccccc2)CC1. The highest BCUT2D eigenvalue weighted by Crippen LogP contribution is 2.41. The third-order valence-corrected chi connectivity index (χ3v) is 9.76. The maximum atomic E-state index is 6.46. The molecule has 1 aromatic heterocycles. The van der Waals surface area contributed by atoms with Crippen molar-refractivity contribution >= 4 is 44.5 Å². The number of nitrogens with one attached hydrogen (secondary N) is 1. The highest BCUT2D eigenvalue weighted by atomic mass is 16.3. The first kappa shape index (κ1) is 29.7. The Morgan fingerprint density at radius 1 is 0.460 bits per heavy atom. The number of hydrogen-bond acceptors (Lipinski definition) is 2. The number of allylic oxidation sites excluding steroid dienone is 4. The number of hydrogen-bond donors (Lipinski definition) is 1. The van der Waals surface area contributed by atoms with Gasteiger partial charge in [0.05, 0.1) is 0 Å². The Labute approximate surface area is 292 Å². The van der Waals surface area contributed by atoms with E-state index in [9.17, 15) is 0 Å². The van der Waals surface area contributed by atoms with E-state index in [0.717, 1.165) is 57.3 Å². The Morgan fingerprint density at radius 3 is 1.92 bits per heavy atom. The molecule has 1 aliphatic carbocycles. The van der Waals surface area contributed by atoms with Gasteiger partial charge in [0.1, 0.15) is 11.2 Å². The van der Waals surface area contributed by atoms with Gasteiger partial charge in [0, 0.05) is 33.3 Å². The number of fused-ring (bicyclic) bond motifs is 3. The van der Waals surface area contributed by atoms with Crippen LogP contribution in [0.15, 0.2) is 186 Å². The van der Waals surface area contributed by atoms with Crippen molar-refractivity contribution in [1.29, 1.82) is 0 Å². The molecule has 1 aliphatic rings. The molecule has 7 aromatic carbocycles. The van der Waals surface area contributed by atoms with Gasteiger partial charge in [-0.1, -0.05) is 146 Å². The minimum absolute atomic E-state index is 0.914. The van der Waals surface area contributed by atoms with Crippen LogP contribution in [-0.2, 0) is 0 Å². The van der Waals surface area contributed by atoms with Gasteiger partial charge in [0.2, 0.25) is 0 Å². The highest BCUT2D eigenvalue weighted by Gasteiger charge is 2.17. The van der Waals surface area contributed by atoms with Crippen molar-refractivity contribution in [2.75, 3.05) is 5.32 Å². The molecule has 0 unspecified atom stereocenters. The standard InChI is InChI=1S/C48H35NO/c1-3-12-33(13-4-1)36-14-9-15-37(30-36)34-24-26-35(27-25-34)38-16-10-17-39(31-38)45-32-40(28-29-46(45)49-41-18-5-2-6-19-41)42-21-11-22-44-43-20-7-8-23-47(43)50-48(42)44/h1-9,11-16,18-32,49H,10,17H2. The first-order valence-electron chi connectivity index (χ1n) is 17.3. The van der Waals surface area contributed by atoms with Crippen LogP contribution in [-0.4, -0.2) is 0 Å². The van der Waals surface area contributed by atoms with Gasteiger partial charge >= 0.3 is 0 Å². The van der Waals surface area contributed by atoms with Gasteiger partial charge in [-0.25, -0.2) is 0 Å². The molecule has 0 spiro atoms. The molecular weight excluding hydrogens is 607 g/mol. The van der Waals surface area contributed by atoms with Gasteiger partial charge in [-0.05, 0) is 93.8 Å². The van der Waals surface area contributed by atoms with E-state index >= 15 is 0 Å². The molecule has 0 bridgehead atoms. The second-order valence-electron chi connectivity index (χ2n) is 12.9. The molecule has 2 heteroatoms. The van der Waals surface area contributed by atoms with Crippen molar-refractivity contribution in [2.24, 2.45) is 0 Å². The average Bonchev–Trinajstić information content (AvgIpc) is 3.58. The van der Waals surface area contributed by atoms with E-state index in [1.54, 1.807) is 0 Å². The zero-order chi connectivity index (χ0) is 33.3. The summed E-state index contributed by atoms with van der Waals surface area (Å²) in [5, 5.41) is 6.01. The van der Waals surface area contributed by atoms with Crippen LogP contribution in [0.25, 0.3) is 66.5 Å². The van der Waals surface area contributed by atoms with Crippen molar-refractivity contribution < 1.29 is 4.42 Å². The summed E-state index contributed by atoms with van der Waals surface area (Å²) in [6.07, 6.45) is 6.70. The number of rotatable bonds is 7. The van der Waals surface area contributed by atoms with Gasteiger partial charge < -0.3 is 9.73 Å². The Balaban J connectivity index is 1.08. The van der Waals surface area contributed by atoms with Crippen molar-refractivity contribution in [3.8, 4) is 33.4 Å². The normalized spacial score (nSPS) is 12.9. The lowest BCUT2D eigenvalue weighted by Gasteiger charge is -2.20. The molecule has 1 heterocycles. The lowest BCUT2D eigenvalue weighted by Crippen LogP contribution is -1.99. The molecule has 0 radical (unpaired) electrons. The zero-order valence-corrected chi connectivity index (χ0v) is 27.6.